The minimum Gasteiger partial charge on any atom is -0.355 e. The number of nitrogens with zero attached hydrogens (tertiary/aromatic N) is 1. The summed E-state index contributed by atoms with van der Waals surface area (Å²) in [7, 11) is 0. The van der Waals surface area contributed by atoms with E-state index in [0.717, 1.165) is 25.4 Å². The fourth-order valence-corrected chi connectivity index (χ4v) is 2.46. The molecule has 1 rings (SSSR count). The zero-order valence-electron chi connectivity index (χ0n) is 12.9. The van der Waals surface area contributed by atoms with Crippen LogP contribution in [-0.2, 0) is 4.79 Å². The Morgan fingerprint density at radius 3 is 2.58 bits per heavy atom. The van der Waals surface area contributed by atoms with E-state index in [9.17, 15) is 4.79 Å². The Morgan fingerprint density at radius 2 is 2.00 bits per heavy atom. The fraction of sp³-hybridized carbons (Fsp3) is 0.933. The van der Waals surface area contributed by atoms with Crippen LogP contribution in [0.3, 0.4) is 0 Å². The van der Waals surface area contributed by atoms with Crippen LogP contribution in [0.15, 0.2) is 0 Å². The topological polar surface area (TPSA) is 44.4 Å². The molecule has 1 heterocycles. The second-order valence-corrected chi connectivity index (χ2v) is 6.04. The van der Waals surface area contributed by atoms with Gasteiger partial charge in [-0.1, -0.05) is 20.8 Å². The molecule has 0 radical (unpaired) electrons. The molecule has 112 valence electrons. The van der Waals surface area contributed by atoms with Crippen molar-refractivity contribution in [1.29, 1.82) is 0 Å². The Hall–Kier alpha value is -0.610. The average molecular weight is 269 g/mol. The van der Waals surface area contributed by atoms with Crippen LogP contribution in [0.5, 0.6) is 0 Å². The summed E-state index contributed by atoms with van der Waals surface area (Å²) >= 11 is 0. The fourth-order valence-electron chi connectivity index (χ4n) is 2.46. The van der Waals surface area contributed by atoms with Gasteiger partial charge in [0.25, 0.3) is 0 Å². The second-order valence-electron chi connectivity index (χ2n) is 6.04. The van der Waals surface area contributed by atoms with Gasteiger partial charge < -0.3 is 15.5 Å². The molecule has 0 aromatic heterocycles. The molecule has 0 atom stereocenters. The SMILES string of the molecule is CCN1CCC(CNCC(=O)NCCC(C)C)CC1. The van der Waals surface area contributed by atoms with Gasteiger partial charge in [-0.25, -0.2) is 0 Å². The first kappa shape index (κ1) is 16.4. The van der Waals surface area contributed by atoms with Gasteiger partial charge in [-0.05, 0) is 57.3 Å². The molecule has 4 nitrogen and oxygen atoms in total. The van der Waals surface area contributed by atoms with Crippen LogP contribution in [0.2, 0.25) is 0 Å². The number of hydrogen-bond acceptors (Lipinski definition) is 3. The number of likely N-dealkylation sites (tertiary alicyclic amines) is 1. The highest BCUT2D eigenvalue weighted by Gasteiger charge is 2.17. The maximum Gasteiger partial charge on any atom is 0.233 e. The number of hydrogen-bond donors (Lipinski definition) is 2. The smallest absolute Gasteiger partial charge is 0.233 e. The van der Waals surface area contributed by atoms with E-state index in [4.69, 9.17) is 0 Å². The molecule has 0 aromatic carbocycles. The molecule has 1 amide bonds. The predicted octanol–water partition coefficient (Wildman–Crippen LogP) is 1.47. The van der Waals surface area contributed by atoms with Crippen LogP contribution >= 0.6 is 0 Å². The zero-order chi connectivity index (χ0) is 14.1. The minimum absolute atomic E-state index is 0.131. The number of carbonyl (C=O) groups is 1. The van der Waals surface area contributed by atoms with E-state index in [1.54, 1.807) is 0 Å². The summed E-state index contributed by atoms with van der Waals surface area (Å²) in [6, 6.07) is 0. The molecule has 0 saturated carbocycles. The highest BCUT2D eigenvalue weighted by atomic mass is 16.1. The summed E-state index contributed by atoms with van der Waals surface area (Å²) < 4.78 is 0. The summed E-state index contributed by atoms with van der Waals surface area (Å²) in [5.41, 5.74) is 0. The first-order valence-electron chi connectivity index (χ1n) is 7.81. The molecule has 2 N–H and O–H groups in total. The van der Waals surface area contributed by atoms with Crippen LogP contribution in [0, 0.1) is 11.8 Å². The lowest BCUT2D eigenvalue weighted by molar-refractivity contribution is -0.120. The van der Waals surface area contributed by atoms with E-state index in [2.05, 4.69) is 36.3 Å². The van der Waals surface area contributed by atoms with Crippen molar-refractivity contribution in [3.05, 3.63) is 0 Å². The van der Waals surface area contributed by atoms with Gasteiger partial charge in [0.1, 0.15) is 0 Å². The van der Waals surface area contributed by atoms with Crippen LogP contribution in [-0.4, -0.2) is 50.1 Å². The van der Waals surface area contributed by atoms with E-state index in [1.165, 1.54) is 32.5 Å². The van der Waals surface area contributed by atoms with Crippen molar-refractivity contribution in [2.75, 3.05) is 39.3 Å². The standard InChI is InChI=1S/C15H31N3O/c1-4-18-9-6-14(7-10-18)11-16-12-15(19)17-8-5-13(2)3/h13-14,16H,4-12H2,1-3H3,(H,17,19). The summed E-state index contributed by atoms with van der Waals surface area (Å²) in [6.07, 6.45) is 3.58. The van der Waals surface area contributed by atoms with Gasteiger partial charge in [0, 0.05) is 6.54 Å². The van der Waals surface area contributed by atoms with Gasteiger partial charge in [-0.2, -0.15) is 0 Å². The van der Waals surface area contributed by atoms with Gasteiger partial charge in [0.05, 0.1) is 6.54 Å². The minimum atomic E-state index is 0.131. The number of nitrogens with one attached hydrogen (secondary N) is 2. The summed E-state index contributed by atoms with van der Waals surface area (Å²) in [4.78, 5) is 14.1. The monoisotopic (exact) mass is 269 g/mol. The Labute approximate surface area is 118 Å². The third-order valence-corrected chi connectivity index (χ3v) is 3.92. The second kappa shape index (κ2) is 9.32. The van der Waals surface area contributed by atoms with E-state index in [0.29, 0.717) is 12.5 Å². The van der Waals surface area contributed by atoms with Crippen molar-refractivity contribution in [3.8, 4) is 0 Å². The third kappa shape index (κ3) is 7.53. The first-order chi connectivity index (χ1) is 9.11. The van der Waals surface area contributed by atoms with Crippen molar-refractivity contribution in [2.24, 2.45) is 11.8 Å². The van der Waals surface area contributed by atoms with E-state index in [1.807, 2.05) is 0 Å². The van der Waals surface area contributed by atoms with Crippen molar-refractivity contribution < 1.29 is 4.79 Å². The van der Waals surface area contributed by atoms with Gasteiger partial charge in [0.2, 0.25) is 5.91 Å². The quantitative estimate of drug-likeness (QED) is 0.701. The Bertz CT molecular complexity index is 248. The lowest BCUT2D eigenvalue weighted by Crippen LogP contribution is -2.40. The largest absolute Gasteiger partial charge is 0.355 e. The van der Waals surface area contributed by atoms with Crippen molar-refractivity contribution in [1.82, 2.24) is 15.5 Å². The number of rotatable bonds is 8. The summed E-state index contributed by atoms with van der Waals surface area (Å²) in [5, 5.41) is 6.25. The highest BCUT2D eigenvalue weighted by Crippen LogP contribution is 2.15. The van der Waals surface area contributed by atoms with Gasteiger partial charge >= 0.3 is 0 Å². The lowest BCUT2D eigenvalue weighted by atomic mass is 9.97. The van der Waals surface area contributed by atoms with Gasteiger partial charge in [-0.15, -0.1) is 0 Å². The van der Waals surface area contributed by atoms with E-state index < -0.39 is 0 Å². The Balaban J connectivity index is 1.99. The molecule has 0 aromatic rings. The van der Waals surface area contributed by atoms with Crippen LogP contribution < -0.4 is 10.6 Å². The molecule has 19 heavy (non-hydrogen) atoms. The molecule has 1 aliphatic rings. The maximum absolute atomic E-state index is 11.6. The number of piperidine rings is 1. The molecule has 1 saturated heterocycles. The molecule has 0 unspecified atom stereocenters. The summed E-state index contributed by atoms with van der Waals surface area (Å²) in [6.45, 7) is 12.4. The predicted molar refractivity (Wildman–Crippen MR) is 80.2 cm³/mol. The molecule has 0 aliphatic carbocycles. The van der Waals surface area contributed by atoms with Crippen molar-refractivity contribution in [3.63, 3.8) is 0 Å². The average Bonchev–Trinajstić information content (AvgIpc) is 2.39. The Kier molecular flexibility index (Phi) is 8.07. The molecule has 0 spiro atoms. The Morgan fingerprint density at radius 1 is 1.32 bits per heavy atom. The van der Waals surface area contributed by atoms with Crippen LogP contribution in [0.1, 0.15) is 40.0 Å². The summed E-state index contributed by atoms with van der Waals surface area (Å²) in [5.74, 6) is 1.52. The van der Waals surface area contributed by atoms with E-state index >= 15 is 0 Å². The van der Waals surface area contributed by atoms with Gasteiger partial charge in [-0.3, -0.25) is 4.79 Å². The zero-order valence-corrected chi connectivity index (χ0v) is 12.9. The molecular formula is C15H31N3O. The van der Waals surface area contributed by atoms with Crippen LogP contribution in [0.25, 0.3) is 0 Å². The van der Waals surface area contributed by atoms with Gasteiger partial charge in [0.15, 0.2) is 0 Å². The molecule has 1 aliphatic heterocycles. The lowest BCUT2D eigenvalue weighted by Gasteiger charge is -2.31. The molecular weight excluding hydrogens is 238 g/mol. The van der Waals surface area contributed by atoms with Crippen molar-refractivity contribution >= 4 is 5.91 Å². The highest BCUT2D eigenvalue weighted by molar-refractivity contribution is 5.77. The third-order valence-electron chi connectivity index (χ3n) is 3.92. The first-order valence-corrected chi connectivity index (χ1v) is 7.81. The van der Waals surface area contributed by atoms with E-state index in [-0.39, 0.29) is 5.91 Å². The molecule has 0 bridgehead atoms. The maximum atomic E-state index is 11.6. The van der Waals surface area contributed by atoms with Crippen LogP contribution in [0.4, 0.5) is 0 Å². The normalized spacial score (nSPS) is 17.9. The number of carbonyl (C=O) groups excluding carboxylic acids is 1. The molecule has 1 fully saturated rings. The number of amides is 1. The van der Waals surface area contributed by atoms with Crippen molar-refractivity contribution in [2.45, 2.75) is 40.0 Å². The molecule has 4 heteroatoms.